The minimum absolute atomic E-state index is 0. The van der Waals surface area contributed by atoms with Gasteiger partial charge in [-0.05, 0) is 6.42 Å². The molecule has 0 N–H and O–H groups in total. The molecular formula is C17H35KO5S. The van der Waals surface area contributed by atoms with Crippen LogP contribution in [0.5, 0.6) is 0 Å². The van der Waals surface area contributed by atoms with E-state index in [4.69, 9.17) is 0 Å². The first-order valence-corrected chi connectivity index (χ1v) is 10.4. The van der Waals surface area contributed by atoms with Crippen molar-refractivity contribution in [3.05, 3.63) is 0 Å². The molecule has 0 aliphatic carbocycles. The SMILES string of the molecule is CCCCCCCCCCCCCCCC(=O)OS(=O)(=O)OC.[H-].[K+]. The van der Waals surface area contributed by atoms with Crippen LogP contribution in [-0.2, 0) is 23.6 Å². The van der Waals surface area contributed by atoms with E-state index in [1.807, 2.05) is 0 Å². The third-order valence-electron chi connectivity index (χ3n) is 3.88. The van der Waals surface area contributed by atoms with Crippen molar-refractivity contribution < 1.29 is 74.4 Å². The van der Waals surface area contributed by atoms with Crippen molar-refractivity contribution in [1.82, 2.24) is 0 Å². The number of rotatable bonds is 16. The molecule has 7 heteroatoms. The van der Waals surface area contributed by atoms with Gasteiger partial charge in [0.2, 0.25) is 0 Å². The van der Waals surface area contributed by atoms with E-state index in [0.717, 1.165) is 20.0 Å². The summed E-state index contributed by atoms with van der Waals surface area (Å²) in [6.45, 7) is 2.24. The van der Waals surface area contributed by atoms with E-state index in [2.05, 4.69) is 15.3 Å². The van der Waals surface area contributed by atoms with E-state index in [0.29, 0.717) is 6.42 Å². The number of unbranched alkanes of at least 4 members (excludes halogenated alkanes) is 12. The Balaban J connectivity index is -0.00000242. The van der Waals surface area contributed by atoms with Crippen molar-refractivity contribution >= 4 is 16.4 Å². The van der Waals surface area contributed by atoms with Gasteiger partial charge < -0.3 is 5.61 Å². The Labute approximate surface area is 192 Å². The molecule has 0 atom stereocenters. The van der Waals surface area contributed by atoms with Gasteiger partial charge in [-0.15, -0.1) is 0 Å². The first kappa shape index (κ1) is 27.2. The summed E-state index contributed by atoms with van der Waals surface area (Å²) in [6, 6.07) is 0. The Morgan fingerprint density at radius 1 is 0.792 bits per heavy atom. The van der Waals surface area contributed by atoms with E-state index in [1.54, 1.807) is 0 Å². The Bertz CT molecular complexity index is 390. The van der Waals surface area contributed by atoms with Gasteiger partial charge in [0, 0.05) is 6.42 Å². The molecule has 0 amide bonds. The molecule has 24 heavy (non-hydrogen) atoms. The summed E-state index contributed by atoms with van der Waals surface area (Å²) in [5, 5.41) is 0. The predicted molar refractivity (Wildman–Crippen MR) is 93.4 cm³/mol. The van der Waals surface area contributed by atoms with Gasteiger partial charge in [-0.2, -0.15) is 8.42 Å². The zero-order valence-electron chi connectivity index (χ0n) is 16.8. The number of carbonyl (C=O) groups is 1. The predicted octanol–water partition coefficient (Wildman–Crippen LogP) is 2.02. The molecule has 0 heterocycles. The van der Waals surface area contributed by atoms with Gasteiger partial charge in [-0.3, -0.25) is 4.79 Å². The quantitative estimate of drug-likeness (QED) is 0.298. The van der Waals surface area contributed by atoms with E-state index in [1.165, 1.54) is 64.2 Å². The molecule has 0 saturated carbocycles. The van der Waals surface area contributed by atoms with Gasteiger partial charge in [-0.1, -0.05) is 84.0 Å². The van der Waals surface area contributed by atoms with Crippen LogP contribution in [0.2, 0.25) is 0 Å². The Morgan fingerprint density at radius 2 is 1.17 bits per heavy atom. The Hall–Kier alpha value is 1.02. The molecular weight excluding hydrogens is 355 g/mol. The average molecular weight is 391 g/mol. The van der Waals surface area contributed by atoms with Crippen LogP contribution in [0, 0.1) is 0 Å². The fraction of sp³-hybridized carbons (Fsp3) is 0.941. The average Bonchev–Trinajstić information content (AvgIpc) is 2.51. The van der Waals surface area contributed by atoms with Crippen LogP contribution in [0.3, 0.4) is 0 Å². The first-order chi connectivity index (χ1) is 11.0. The smallest absolute Gasteiger partial charge is 1.00 e. The summed E-state index contributed by atoms with van der Waals surface area (Å²) in [7, 11) is -3.17. The maximum atomic E-state index is 11.2. The van der Waals surface area contributed by atoms with E-state index in [9.17, 15) is 13.2 Å². The minimum Gasteiger partial charge on any atom is -1.00 e. The second-order valence-electron chi connectivity index (χ2n) is 6.02. The van der Waals surface area contributed by atoms with Gasteiger partial charge in [0.05, 0.1) is 7.11 Å². The zero-order chi connectivity index (χ0) is 17.4. The van der Waals surface area contributed by atoms with Crippen molar-refractivity contribution in [2.75, 3.05) is 7.11 Å². The summed E-state index contributed by atoms with van der Waals surface area (Å²) in [5.74, 6) is -0.741. The topological polar surface area (TPSA) is 69.7 Å². The van der Waals surface area contributed by atoms with Crippen LogP contribution < -0.4 is 51.4 Å². The largest absolute Gasteiger partial charge is 1.00 e. The van der Waals surface area contributed by atoms with Crippen LogP contribution in [0.1, 0.15) is 98.2 Å². The third kappa shape index (κ3) is 19.3. The van der Waals surface area contributed by atoms with Crippen molar-refractivity contribution in [3.63, 3.8) is 0 Å². The summed E-state index contributed by atoms with van der Waals surface area (Å²) < 4.78 is 30.0. The molecule has 0 aliphatic heterocycles. The van der Waals surface area contributed by atoms with Crippen molar-refractivity contribution in [1.29, 1.82) is 0 Å². The minimum atomic E-state index is -4.14. The monoisotopic (exact) mass is 390 g/mol. The van der Waals surface area contributed by atoms with E-state index >= 15 is 0 Å². The zero-order valence-corrected chi connectivity index (χ0v) is 19.8. The second-order valence-corrected chi connectivity index (χ2v) is 7.34. The number of hydrogen-bond donors (Lipinski definition) is 0. The molecule has 0 aliphatic rings. The molecule has 0 saturated heterocycles. The molecule has 0 aromatic heterocycles. The van der Waals surface area contributed by atoms with Crippen LogP contribution in [0.4, 0.5) is 0 Å². The molecule has 0 unspecified atom stereocenters. The molecule has 0 rings (SSSR count). The van der Waals surface area contributed by atoms with Gasteiger partial charge in [0.1, 0.15) is 0 Å². The van der Waals surface area contributed by atoms with Gasteiger partial charge in [0.15, 0.2) is 0 Å². The molecule has 0 aromatic carbocycles. The van der Waals surface area contributed by atoms with Crippen LogP contribution in [0.15, 0.2) is 0 Å². The van der Waals surface area contributed by atoms with Crippen LogP contribution >= 0.6 is 0 Å². The van der Waals surface area contributed by atoms with E-state index in [-0.39, 0.29) is 59.2 Å². The Kier molecular flexibility index (Phi) is 21.3. The van der Waals surface area contributed by atoms with Gasteiger partial charge in [-0.25, -0.2) is 4.18 Å². The molecule has 0 bridgehead atoms. The molecule has 0 radical (unpaired) electrons. The summed E-state index contributed by atoms with van der Waals surface area (Å²) in [6.07, 6.45) is 16.0. The Morgan fingerprint density at radius 3 is 1.54 bits per heavy atom. The molecule has 0 spiro atoms. The number of carbonyl (C=O) groups excluding carboxylic acids is 1. The fourth-order valence-corrected chi connectivity index (χ4v) is 2.86. The normalized spacial score (nSPS) is 11.1. The molecule has 140 valence electrons. The van der Waals surface area contributed by atoms with Crippen LogP contribution in [-0.4, -0.2) is 21.5 Å². The van der Waals surface area contributed by atoms with Gasteiger partial charge >= 0.3 is 67.8 Å². The standard InChI is InChI=1S/C17H34O5S.K.H/c1-3-4-5-6-7-8-9-10-11-12-13-14-15-16-17(18)22-23(19,20)21-2;;/h3-16H2,1-2H3;;/q;+1;-1. The van der Waals surface area contributed by atoms with Crippen LogP contribution in [0.25, 0.3) is 0 Å². The van der Waals surface area contributed by atoms with Crippen molar-refractivity contribution in [2.45, 2.75) is 96.8 Å². The first-order valence-electron chi connectivity index (χ1n) is 9.04. The van der Waals surface area contributed by atoms with Gasteiger partial charge in [0.25, 0.3) is 0 Å². The van der Waals surface area contributed by atoms with Crippen molar-refractivity contribution in [3.8, 4) is 0 Å². The second kappa shape index (κ2) is 18.8. The summed E-state index contributed by atoms with van der Waals surface area (Å²) in [4.78, 5) is 11.2. The van der Waals surface area contributed by atoms with E-state index < -0.39 is 16.4 Å². The molecule has 5 nitrogen and oxygen atoms in total. The fourth-order valence-electron chi connectivity index (χ4n) is 2.48. The molecule has 0 aromatic rings. The van der Waals surface area contributed by atoms with Crippen molar-refractivity contribution in [2.24, 2.45) is 0 Å². The third-order valence-corrected chi connectivity index (χ3v) is 4.68. The number of hydrogen-bond acceptors (Lipinski definition) is 5. The molecule has 0 fully saturated rings. The maximum absolute atomic E-state index is 11.2. The maximum Gasteiger partial charge on any atom is 1.00 e. The summed E-state index contributed by atoms with van der Waals surface area (Å²) in [5.41, 5.74) is 0. The summed E-state index contributed by atoms with van der Waals surface area (Å²) >= 11 is 0.